The molecule has 0 fully saturated rings. The van der Waals surface area contributed by atoms with Crippen molar-refractivity contribution in [2.75, 3.05) is 0 Å². The van der Waals surface area contributed by atoms with Gasteiger partial charge in [-0.2, -0.15) is 0 Å². The molecule has 122 valence electrons. The highest BCUT2D eigenvalue weighted by Crippen LogP contribution is 2.25. The average molecular weight is 302 g/mol. The molecule has 0 bridgehead atoms. The van der Waals surface area contributed by atoms with Crippen molar-refractivity contribution < 1.29 is 9.90 Å². The van der Waals surface area contributed by atoms with Gasteiger partial charge in [0.1, 0.15) is 5.75 Å². The van der Waals surface area contributed by atoms with E-state index >= 15 is 0 Å². The van der Waals surface area contributed by atoms with Crippen LogP contribution in [0.3, 0.4) is 0 Å². The van der Waals surface area contributed by atoms with Gasteiger partial charge in [0.2, 0.25) is 0 Å². The van der Waals surface area contributed by atoms with Crippen molar-refractivity contribution in [2.24, 2.45) is 0 Å². The van der Waals surface area contributed by atoms with E-state index in [4.69, 9.17) is 0 Å². The molecule has 0 unspecified atom stereocenters. The third-order valence-corrected chi connectivity index (χ3v) is 4.06. The Morgan fingerprint density at radius 1 is 1.05 bits per heavy atom. The summed E-state index contributed by atoms with van der Waals surface area (Å²) in [6.07, 6.45) is 10.7. The number of phenols is 1. The summed E-state index contributed by atoms with van der Waals surface area (Å²) in [5, 5.41) is 10.0. The van der Waals surface area contributed by atoms with Gasteiger partial charge in [-0.25, -0.2) is 0 Å². The lowest BCUT2D eigenvalue weighted by molar-refractivity contribution is 0.103. The zero-order valence-corrected chi connectivity index (χ0v) is 14.2. The second-order valence-electron chi connectivity index (χ2n) is 6.14. The normalized spacial score (nSPS) is 10.6. The van der Waals surface area contributed by atoms with E-state index in [0.717, 1.165) is 24.8 Å². The third-order valence-electron chi connectivity index (χ3n) is 4.06. The minimum absolute atomic E-state index is 0.0644. The van der Waals surface area contributed by atoms with Crippen LogP contribution < -0.4 is 0 Å². The molecule has 0 spiro atoms. The monoisotopic (exact) mass is 302 g/mol. The van der Waals surface area contributed by atoms with E-state index in [9.17, 15) is 9.90 Å². The number of hydrogen-bond donors (Lipinski definition) is 1. The summed E-state index contributed by atoms with van der Waals surface area (Å²) in [5.41, 5.74) is 1.90. The predicted molar refractivity (Wildman–Crippen MR) is 93.6 cm³/mol. The maximum atomic E-state index is 12.1. The number of carbonyl (C=O) groups excluding carboxylic acids is 1. The van der Waals surface area contributed by atoms with Crippen LogP contribution in [0.1, 0.15) is 81.1 Å². The quantitative estimate of drug-likeness (QED) is 0.317. The second-order valence-corrected chi connectivity index (χ2v) is 6.14. The van der Waals surface area contributed by atoms with E-state index in [1.54, 1.807) is 25.1 Å². The van der Waals surface area contributed by atoms with Gasteiger partial charge < -0.3 is 5.11 Å². The molecule has 0 aliphatic rings. The van der Waals surface area contributed by atoms with Crippen LogP contribution in [0.4, 0.5) is 0 Å². The number of ketones is 1. The lowest BCUT2D eigenvalue weighted by atomic mass is 9.95. The Bertz CT molecular complexity index is 488. The van der Waals surface area contributed by atoms with Gasteiger partial charge in [-0.05, 0) is 31.4 Å². The second kappa shape index (κ2) is 10.2. The van der Waals surface area contributed by atoms with Crippen molar-refractivity contribution in [3.05, 3.63) is 41.5 Å². The summed E-state index contributed by atoms with van der Waals surface area (Å²) >= 11 is 0. The molecule has 0 radical (unpaired) electrons. The van der Waals surface area contributed by atoms with Crippen molar-refractivity contribution in [1.82, 2.24) is 0 Å². The Kier molecular flexibility index (Phi) is 8.57. The molecule has 22 heavy (non-hydrogen) atoms. The zero-order valence-electron chi connectivity index (χ0n) is 14.2. The molecule has 2 nitrogen and oxygen atoms in total. The smallest absolute Gasteiger partial charge is 0.188 e. The fourth-order valence-corrected chi connectivity index (χ4v) is 2.72. The summed E-state index contributed by atoms with van der Waals surface area (Å²) < 4.78 is 0. The molecule has 0 amide bonds. The predicted octanol–water partition coefficient (Wildman–Crippen LogP) is 5.83. The Morgan fingerprint density at radius 3 is 2.23 bits per heavy atom. The first-order chi connectivity index (χ1) is 10.6. The number of aromatic hydroxyl groups is 1. The third kappa shape index (κ3) is 6.05. The van der Waals surface area contributed by atoms with Gasteiger partial charge in [-0.3, -0.25) is 4.79 Å². The minimum atomic E-state index is -0.0644. The number of rotatable bonds is 11. The molecule has 0 saturated heterocycles. The summed E-state index contributed by atoms with van der Waals surface area (Å²) in [6, 6.07) is 5.18. The first-order valence-electron chi connectivity index (χ1n) is 8.59. The van der Waals surface area contributed by atoms with Crippen LogP contribution in [0.15, 0.2) is 30.4 Å². The van der Waals surface area contributed by atoms with Gasteiger partial charge in [0.25, 0.3) is 0 Å². The molecular weight excluding hydrogens is 272 g/mol. The number of phenolic OH excluding ortho intramolecular Hbond substituents is 1. The molecule has 0 atom stereocenters. The van der Waals surface area contributed by atoms with Crippen LogP contribution in [0.5, 0.6) is 5.75 Å². The van der Waals surface area contributed by atoms with Gasteiger partial charge in [0, 0.05) is 11.1 Å². The van der Waals surface area contributed by atoms with Crippen LogP contribution in [-0.4, -0.2) is 10.9 Å². The van der Waals surface area contributed by atoms with Gasteiger partial charge >= 0.3 is 0 Å². The standard InChI is InChI=1S/C20H30O2/c1-4-5-6-7-8-9-10-11-13-17-18(20(22)16(2)3)14-12-15-19(17)21/h12,14-15,21H,2,4-11,13H2,1,3H3. The van der Waals surface area contributed by atoms with Gasteiger partial charge in [-0.1, -0.05) is 70.6 Å². The number of Topliss-reactive ketones (excluding diaryl/α,β-unsaturated/α-hetero) is 1. The van der Waals surface area contributed by atoms with Crippen LogP contribution in [0.25, 0.3) is 0 Å². The van der Waals surface area contributed by atoms with Crippen molar-refractivity contribution in [3.8, 4) is 5.75 Å². The number of hydrogen-bond acceptors (Lipinski definition) is 2. The zero-order chi connectivity index (χ0) is 16.4. The molecule has 0 aliphatic heterocycles. The molecule has 1 aromatic rings. The molecule has 0 heterocycles. The van der Waals surface area contributed by atoms with E-state index in [1.807, 2.05) is 0 Å². The summed E-state index contributed by atoms with van der Waals surface area (Å²) in [4.78, 5) is 12.1. The molecular formula is C20H30O2. The van der Waals surface area contributed by atoms with Crippen LogP contribution in [0, 0.1) is 0 Å². The van der Waals surface area contributed by atoms with Gasteiger partial charge in [-0.15, -0.1) is 0 Å². The highest BCUT2D eigenvalue weighted by molar-refractivity contribution is 6.09. The van der Waals surface area contributed by atoms with E-state index in [1.165, 1.54) is 38.5 Å². The van der Waals surface area contributed by atoms with Crippen molar-refractivity contribution >= 4 is 5.78 Å². The Labute approximate surface area is 135 Å². The SMILES string of the molecule is C=C(C)C(=O)c1cccc(O)c1CCCCCCCCCC. The van der Waals surface area contributed by atoms with Crippen LogP contribution >= 0.6 is 0 Å². The van der Waals surface area contributed by atoms with E-state index in [-0.39, 0.29) is 11.5 Å². The van der Waals surface area contributed by atoms with Gasteiger partial charge in [0.15, 0.2) is 5.78 Å². The fourth-order valence-electron chi connectivity index (χ4n) is 2.72. The summed E-state index contributed by atoms with van der Waals surface area (Å²) in [5.74, 6) is 0.167. The molecule has 0 saturated carbocycles. The number of allylic oxidation sites excluding steroid dienone is 1. The van der Waals surface area contributed by atoms with E-state index in [2.05, 4.69) is 13.5 Å². The topological polar surface area (TPSA) is 37.3 Å². The number of unbranched alkanes of at least 4 members (excludes halogenated alkanes) is 7. The van der Waals surface area contributed by atoms with Crippen LogP contribution in [-0.2, 0) is 6.42 Å². The van der Waals surface area contributed by atoms with Crippen molar-refractivity contribution in [1.29, 1.82) is 0 Å². The largest absolute Gasteiger partial charge is 0.508 e. The lowest BCUT2D eigenvalue weighted by Crippen LogP contribution is -2.05. The highest BCUT2D eigenvalue weighted by Gasteiger charge is 2.14. The molecule has 0 aromatic heterocycles. The van der Waals surface area contributed by atoms with E-state index in [0.29, 0.717) is 11.1 Å². The highest BCUT2D eigenvalue weighted by atomic mass is 16.3. The first kappa shape index (κ1) is 18.5. The molecule has 0 aliphatic carbocycles. The fraction of sp³-hybridized carbons (Fsp3) is 0.550. The van der Waals surface area contributed by atoms with Crippen LogP contribution in [0.2, 0.25) is 0 Å². The molecule has 2 heteroatoms. The maximum absolute atomic E-state index is 12.1. The maximum Gasteiger partial charge on any atom is 0.188 e. The Hall–Kier alpha value is -1.57. The van der Waals surface area contributed by atoms with Crippen molar-refractivity contribution in [3.63, 3.8) is 0 Å². The van der Waals surface area contributed by atoms with Crippen molar-refractivity contribution in [2.45, 2.75) is 71.6 Å². The minimum Gasteiger partial charge on any atom is -0.508 e. The number of carbonyl (C=O) groups is 1. The first-order valence-corrected chi connectivity index (χ1v) is 8.59. The summed E-state index contributed by atoms with van der Waals surface area (Å²) in [6.45, 7) is 7.66. The Morgan fingerprint density at radius 2 is 1.64 bits per heavy atom. The molecule has 1 aromatic carbocycles. The number of benzene rings is 1. The summed E-state index contributed by atoms with van der Waals surface area (Å²) in [7, 11) is 0. The van der Waals surface area contributed by atoms with Gasteiger partial charge in [0.05, 0.1) is 0 Å². The lowest BCUT2D eigenvalue weighted by Gasteiger charge is -2.10. The molecule has 1 rings (SSSR count). The average Bonchev–Trinajstić information content (AvgIpc) is 2.50. The van der Waals surface area contributed by atoms with E-state index < -0.39 is 0 Å². The molecule has 1 N–H and O–H groups in total. The Balaban J connectivity index is 2.45.